The number of carbonyl (C=O) groups is 1. The van der Waals surface area contributed by atoms with E-state index in [9.17, 15) is 4.79 Å². The minimum Gasteiger partial charge on any atom is -0.457 e. The van der Waals surface area contributed by atoms with Gasteiger partial charge in [0, 0.05) is 23.5 Å². The van der Waals surface area contributed by atoms with Crippen molar-refractivity contribution in [3.8, 4) is 11.5 Å². The minimum absolute atomic E-state index is 0.0559. The van der Waals surface area contributed by atoms with Gasteiger partial charge in [-0.2, -0.15) is 0 Å². The first-order valence-electron chi connectivity index (χ1n) is 9.49. The Morgan fingerprint density at radius 2 is 1.79 bits per heavy atom. The highest BCUT2D eigenvalue weighted by Crippen LogP contribution is 2.34. The molecule has 2 aliphatic heterocycles. The number of nitrogens with zero attached hydrogens (tertiary/aromatic N) is 1. The average Bonchev–Trinajstić information content (AvgIpc) is 2.92. The number of thioether (sulfide) groups is 1. The summed E-state index contributed by atoms with van der Waals surface area (Å²) in [4.78, 5) is 12.8. The lowest BCUT2D eigenvalue weighted by Gasteiger charge is -2.27. The highest BCUT2D eigenvalue weighted by molar-refractivity contribution is 8.00. The molecule has 0 spiro atoms. The van der Waals surface area contributed by atoms with Gasteiger partial charge in [0.05, 0.1) is 6.54 Å². The monoisotopic (exact) mass is 427 g/mol. The zero-order chi connectivity index (χ0) is 20.1. The first-order chi connectivity index (χ1) is 14.2. The number of rotatable bonds is 5. The maximum Gasteiger partial charge on any atom is 0.237 e. The topological polar surface area (TPSA) is 53.6 Å². The molecule has 2 atom stereocenters. The Kier molecular flexibility index (Phi) is 6.32. The van der Waals surface area contributed by atoms with Crippen molar-refractivity contribution >= 4 is 29.3 Å². The molecule has 0 aromatic heterocycles. The summed E-state index contributed by atoms with van der Waals surface area (Å²) in [6, 6.07) is 15.1. The second-order valence-corrected chi connectivity index (χ2v) is 8.50. The van der Waals surface area contributed by atoms with E-state index in [2.05, 4.69) is 10.7 Å². The molecule has 2 aromatic carbocycles. The van der Waals surface area contributed by atoms with E-state index in [1.807, 2.05) is 66.0 Å². The fraction of sp³-hybridized carbons (Fsp3) is 0.227. The summed E-state index contributed by atoms with van der Waals surface area (Å²) < 4.78 is 5.84. The molecule has 1 fully saturated rings. The Bertz CT molecular complexity index is 899. The van der Waals surface area contributed by atoms with Gasteiger partial charge in [-0.05, 0) is 66.3 Å². The largest absolute Gasteiger partial charge is 0.457 e. The Morgan fingerprint density at radius 3 is 2.48 bits per heavy atom. The van der Waals surface area contributed by atoms with E-state index in [4.69, 9.17) is 16.3 Å². The van der Waals surface area contributed by atoms with E-state index in [0.717, 1.165) is 35.8 Å². The van der Waals surface area contributed by atoms with Gasteiger partial charge in [0.15, 0.2) is 0 Å². The van der Waals surface area contributed by atoms with Crippen molar-refractivity contribution in [3.63, 3.8) is 0 Å². The number of allylic oxidation sites excluding steroid dienone is 2. The standard InChI is InChI=1S/C22H22ClN3O2S/c23-17-5-9-20(10-6-17)28-19-7-3-16(4-8-19)21-22(27)25-18(11-14-29-21)15-26-13-2-1-12-24-26/h1-10,12-13,18,21,24H,11,14-15H2,(H,25,27)/t18-,21+/m0/s1. The van der Waals surface area contributed by atoms with E-state index in [0.29, 0.717) is 5.02 Å². The molecule has 0 bridgehead atoms. The molecule has 7 heteroatoms. The van der Waals surface area contributed by atoms with Crippen LogP contribution in [0.1, 0.15) is 17.2 Å². The number of benzene rings is 2. The Balaban J connectivity index is 1.37. The molecule has 0 radical (unpaired) electrons. The van der Waals surface area contributed by atoms with Gasteiger partial charge in [-0.15, -0.1) is 11.8 Å². The summed E-state index contributed by atoms with van der Waals surface area (Å²) in [5.74, 6) is 2.43. The highest BCUT2D eigenvalue weighted by atomic mass is 35.5. The minimum atomic E-state index is -0.214. The molecule has 2 N–H and O–H groups in total. The average molecular weight is 428 g/mol. The van der Waals surface area contributed by atoms with Crippen molar-refractivity contribution in [2.75, 3.05) is 12.3 Å². The van der Waals surface area contributed by atoms with Crippen molar-refractivity contribution in [2.45, 2.75) is 17.7 Å². The third kappa shape index (κ3) is 5.28. The molecule has 29 heavy (non-hydrogen) atoms. The molecule has 1 amide bonds. The third-order valence-corrected chi connectivity index (χ3v) is 6.24. The van der Waals surface area contributed by atoms with E-state index in [1.54, 1.807) is 23.9 Å². The Morgan fingerprint density at radius 1 is 1.07 bits per heavy atom. The summed E-state index contributed by atoms with van der Waals surface area (Å²) in [6.45, 7) is 0.730. The summed E-state index contributed by atoms with van der Waals surface area (Å²) in [6.07, 6.45) is 8.69. The van der Waals surface area contributed by atoms with Gasteiger partial charge in [0.2, 0.25) is 5.91 Å². The van der Waals surface area contributed by atoms with Gasteiger partial charge in [0.25, 0.3) is 0 Å². The van der Waals surface area contributed by atoms with E-state index >= 15 is 0 Å². The van der Waals surface area contributed by atoms with Crippen LogP contribution in [-0.4, -0.2) is 29.3 Å². The predicted molar refractivity (Wildman–Crippen MR) is 118 cm³/mol. The van der Waals surface area contributed by atoms with Crippen LogP contribution in [0.25, 0.3) is 0 Å². The number of hydrogen-bond acceptors (Lipinski definition) is 5. The smallest absolute Gasteiger partial charge is 0.237 e. The maximum absolute atomic E-state index is 12.8. The Hall–Kier alpha value is -2.57. The molecular weight excluding hydrogens is 406 g/mol. The first-order valence-corrected chi connectivity index (χ1v) is 10.9. The van der Waals surface area contributed by atoms with Crippen molar-refractivity contribution in [1.82, 2.24) is 15.8 Å². The van der Waals surface area contributed by atoms with E-state index in [1.165, 1.54) is 0 Å². The number of ether oxygens (including phenoxy) is 1. The SMILES string of the molecule is O=C1N[C@H](CN2C=CC=CN2)CCS[C@@H]1c1ccc(Oc2ccc(Cl)cc2)cc1. The van der Waals surface area contributed by atoms with Gasteiger partial charge in [-0.1, -0.05) is 23.7 Å². The van der Waals surface area contributed by atoms with E-state index in [-0.39, 0.29) is 17.2 Å². The highest BCUT2D eigenvalue weighted by Gasteiger charge is 2.28. The van der Waals surface area contributed by atoms with Gasteiger partial charge in [-0.25, -0.2) is 0 Å². The predicted octanol–water partition coefficient (Wildman–Crippen LogP) is 4.64. The number of hydrogen-bond donors (Lipinski definition) is 2. The van der Waals surface area contributed by atoms with Crippen LogP contribution in [-0.2, 0) is 4.79 Å². The number of amides is 1. The van der Waals surface area contributed by atoms with Gasteiger partial charge in [0.1, 0.15) is 16.7 Å². The van der Waals surface area contributed by atoms with E-state index < -0.39 is 0 Å². The van der Waals surface area contributed by atoms with Crippen LogP contribution in [0.2, 0.25) is 5.02 Å². The second kappa shape index (κ2) is 9.29. The van der Waals surface area contributed by atoms with Crippen LogP contribution in [0, 0.1) is 0 Å². The van der Waals surface area contributed by atoms with Gasteiger partial charge >= 0.3 is 0 Å². The Labute approximate surface area is 179 Å². The zero-order valence-corrected chi connectivity index (χ0v) is 17.3. The molecule has 2 aliphatic rings. The summed E-state index contributed by atoms with van der Waals surface area (Å²) in [5.41, 5.74) is 4.14. The van der Waals surface area contributed by atoms with Crippen molar-refractivity contribution in [1.29, 1.82) is 0 Å². The van der Waals surface area contributed by atoms with Crippen molar-refractivity contribution < 1.29 is 9.53 Å². The molecule has 0 unspecified atom stereocenters. The zero-order valence-electron chi connectivity index (χ0n) is 15.8. The quantitative estimate of drug-likeness (QED) is 0.727. The molecule has 5 nitrogen and oxygen atoms in total. The lowest BCUT2D eigenvalue weighted by atomic mass is 10.1. The van der Waals surface area contributed by atoms with Crippen LogP contribution in [0.5, 0.6) is 11.5 Å². The first kappa shape index (κ1) is 19.7. The lowest BCUT2D eigenvalue weighted by molar-refractivity contribution is -0.121. The van der Waals surface area contributed by atoms with Crippen LogP contribution in [0.3, 0.4) is 0 Å². The molecule has 2 heterocycles. The number of hydrazine groups is 1. The summed E-state index contributed by atoms with van der Waals surface area (Å²) in [7, 11) is 0. The molecule has 1 saturated heterocycles. The van der Waals surface area contributed by atoms with Crippen molar-refractivity contribution in [3.05, 3.63) is 83.7 Å². The van der Waals surface area contributed by atoms with Crippen LogP contribution in [0.4, 0.5) is 0 Å². The number of nitrogens with one attached hydrogen (secondary N) is 2. The van der Waals surface area contributed by atoms with Crippen molar-refractivity contribution in [2.24, 2.45) is 0 Å². The molecule has 4 rings (SSSR count). The number of carbonyl (C=O) groups excluding carboxylic acids is 1. The fourth-order valence-electron chi connectivity index (χ4n) is 3.23. The lowest BCUT2D eigenvalue weighted by Crippen LogP contribution is -2.45. The fourth-order valence-corrected chi connectivity index (χ4v) is 4.58. The van der Waals surface area contributed by atoms with Gasteiger partial charge < -0.3 is 15.5 Å². The second-order valence-electron chi connectivity index (χ2n) is 6.85. The number of halogens is 1. The molecule has 150 valence electrons. The molecular formula is C22H22ClN3O2S. The summed E-state index contributed by atoms with van der Waals surface area (Å²) >= 11 is 7.59. The molecule has 0 saturated carbocycles. The molecule has 0 aliphatic carbocycles. The normalized spacial score (nSPS) is 21.3. The third-order valence-electron chi connectivity index (χ3n) is 4.70. The summed E-state index contributed by atoms with van der Waals surface area (Å²) in [5, 5.41) is 5.63. The van der Waals surface area contributed by atoms with Crippen LogP contribution >= 0.6 is 23.4 Å². The van der Waals surface area contributed by atoms with Crippen LogP contribution < -0.4 is 15.5 Å². The van der Waals surface area contributed by atoms with Gasteiger partial charge in [-0.3, -0.25) is 9.80 Å². The maximum atomic E-state index is 12.8. The molecule has 2 aromatic rings. The van der Waals surface area contributed by atoms with Crippen LogP contribution in [0.15, 0.2) is 73.1 Å².